The van der Waals surface area contributed by atoms with Crippen LogP contribution in [0.5, 0.6) is 5.88 Å². The summed E-state index contributed by atoms with van der Waals surface area (Å²) in [5.41, 5.74) is 2.57. The van der Waals surface area contributed by atoms with Crippen molar-refractivity contribution in [2.24, 2.45) is 0 Å². The van der Waals surface area contributed by atoms with Crippen molar-refractivity contribution in [3.63, 3.8) is 0 Å². The predicted molar refractivity (Wildman–Crippen MR) is 42.8 cm³/mol. The molecular formula is C9H11NO. The molecule has 0 fully saturated rings. The predicted octanol–water partition coefficient (Wildman–Crippen LogP) is 1.58. The zero-order chi connectivity index (χ0) is 7.68. The maximum absolute atomic E-state index is 5.29. The Balaban J connectivity index is 2.41. The summed E-state index contributed by atoms with van der Waals surface area (Å²) < 4.78 is 5.29. The van der Waals surface area contributed by atoms with Crippen molar-refractivity contribution in [1.29, 1.82) is 0 Å². The highest BCUT2D eigenvalue weighted by Gasteiger charge is 2.12. The number of hydrogen-bond acceptors (Lipinski definition) is 2. The van der Waals surface area contributed by atoms with Crippen molar-refractivity contribution < 1.29 is 4.74 Å². The van der Waals surface area contributed by atoms with Crippen LogP contribution < -0.4 is 4.74 Å². The molecular weight excluding hydrogens is 138 g/mol. The van der Waals surface area contributed by atoms with Crippen LogP contribution in [0.15, 0.2) is 12.3 Å². The van der Waals surface area contributed by atoms with Crippen LogP contribution in [0.1, 0.15) is 18.1 Å². The summed E-state index contributed by atoms with van der Waals surface area (Å²) in [5, 5.41) is 0. The van der Waals surface area contributed by atoms with E-state index in [4.69, 9.17) is 4.74 Å². The average molecular weight is 149 g/mol. The fraction of sp³-hybridized carbons (Fsp3) is 0.444. The van der Waals surface area contributed by atoms with Crippen LogP contribution in [0.25, 0.3) is 0 Å². The minimum Gasteiger partial charge on any atom is -0.477 e. The average Bonchev–Trinajstić information content (AvgIpc) is 2.50. The third-order valence-electron chi connectivity index (χ3n) is 2.00. The van der Waals surface area contributed by atoms with Gasteiger partial charge in [0.05, 0.1) is 6.61 Å². The number of aryl methyl sites for hydroxylation is 1. The summed E-state index contributed by atoms with van der Waals surface area (Å²) in [6.45, 7) is 2.94. The minimum absolute atomic E-state index is 0.801. The Labute approximate surface area is 66.2 Å². The standard InChI is InChI=1S/C9H11NO/c1-2-7-5-8-3-4-11-9(8)10-6-7/h5-6H,2-4H2,1H3. The molecule has 0 unspecified atom stereocenters. The van der Waals surface area contributed by atoms with Crippen molar-refractivity contribution in [3.05, 3.63) is 23.4 Å². The fourth-order valence-corrected chi connectivity index (χ4v) is 1.31. The van der Waals surface area contributed by atoms with E-state index in [1.165, 1.54) is 11.1 Å². The molecule has 58 valence electrons. The molecule has 1 aliphatic heterocycles. The summed E-state index contributed by atoms with van der Waals surface area (Å²) in [7, 11) is 0. The van der Waals surface area contributed by atoms with Crippen LogP contribution in [0, 0.1) is 0 Å². The van der Waals surface area contributed by atoms with E-state index < -0.39 is 0 Å². The van der Waals surface area contributed by atoms with Crippen LogP contribution in [0.4, 0.5) is 0 Å². The molecule has 2 nitrogen and oxygen atoms in total. The van der Waals surface area contributed by atoms with Crippen molar-refractivity contribution in [1.82, 2.24) is 4.98 Å². The van der Waals surface area contributed by atoms with E-state index in [-0.39, 0.29) is 0 Å². The molecule has 0 saturated carbocycles. The van der Waals surface area contributed by atoms with Gasteiger partial charge in [0.2, 0.25) is 5.88 Å². The quantitative estimate of drug-likeness (QED) is 0.604. The number of hydrogen-bond donors (Lipinski definition) is 0. The van der Waals surface area contributed by atoms with Gasteiger partial charge >= 0.3 is 0 Å². The summed E-state index contributed by atoms with van der Waals surface area (Å²) in [6, 6.07) is 2.19. The number of fused-ring (bicyclic) bond motifs is 1. The zero-order valence-corrected chi connectivity index (χ0v) is 6.63. The summed E-state index contributed by atoms with van der Waals surface area (Å²) >= 11 is 0. The molecule has 11 heavy (non-hydrogen) atoms. The van der Waals surface area contributed by atoms with E-state index in [9.17, 15) is 0 Å². The van der Waals surface area contributed by atoms with E-state index >= 15 is 0 Å². The first-order chi connectivity index (χ1) is 5.40. The Kier molecular flexibility index (Phi) is 1.53. The van der Waals surface area contributed by atoms with Crippen LogP contribution in [0.3, 0.4) is 0 Å². The third kappa shape index (κ3) is 1.09. The molecule has 0 saturated heterocycles. The Morgan fingerprint density at radius 1 is 1.64 bits per heavy atom. The van der Waals surface area contributed by atoms with Gasteiger partial charge in [0.1, 0.15) is 0 Å². The number of pyridine rings is 1. The van der Waals surface area contributed by atoms with Gasteiger partial charge in [-0.2, -0.15) is 0 Å². The molecule has 2 rings (SSSR count). The molecule has 0 N–H and O–H groups in total. The van der Waals surface area contributed by atoms with Gasteiger partial charge in [0, 0.05) is 18.2 Å². The lowest BCUT2D eigenvalue weighted by atomic mass is 10.1. The van der Waals surface area contributed by atoms with Crippen LogP contribution in [-0.2, 0) is 12.8 Å². The first-order valence-electron chi connectivity index (χ1n) is 4.00. The molecule has 1 aromatic rings. The van der Waals surface area contributed by atoms with Gasteiger partial charge in [0.15, 0.2) is 0 Å². The van der Waals surface area contributed by atoms with Crippen molar-refractivity contribution in [2.75, 3.05) is 6.61 Å². The molecule has 0 aromatic carbocycles. The van der Waals surface area contributed by atoms with Gasteiger partial charge in [-0.15, -0.1) is 0 Å². The highest BCUT2D eigenvalue weighted by molar-refractivity contribution is 5.32. The van der Waals surface area contributed by atoms with Crippen LogP contribution in [-0.4, -0.2) is 11.6 Å². The Morgan fingerprint density at radius 2 is 2.55 bits per heavy atom. The van der Waals surface area contributed by atoms with Gasteiger partial charge < -0.3 is 4.74 Å². The maximum Gasteiger partial charge on any atom is 0.216 e. The minimum atomic E-state index is 0.801. The lowest BCUT2D eigenvalue weighted by molar-refractivity contribution is 0.344. The van der Waals surface area contributed by atoms with E-state index in [0.29, 0.717) is 0 Å². The lowest BCUT2D eigenvalue weighted by Crippen LogP contribution is -1.88. The molecule has 1 aliphatic rings. The molecule has 0 amide bonds. The Bertz CT molecular complexity index is 270. The molecule has 0 radical (unpaired) electrons. The topological polar surface area (TPSA) is 22.1 Å². The van der Waals surface area contributed by atoms with E-state index in [1.54, 1.807) is 0 Å². The number of nitrogens with zero attached hydrogens (tertiary/aromatic N) is 1. The summed E-state index contributed by atoms with van der Waals surface area (Å²) in [6.07, 6.45) is 3.97. The van der Waals surface area contributed by atoms with E-state index in [2.05, 4.69) is 18.0 Å². The summed E-state index contributed by atoms with van der Waals surface area (Å²) in [4.78, 5) is 4.21. The first kappa shape index (κ1) is 6.65. The second kappa shape index (κ2) is 2.53. The second-order valence-corrected chi connectivity index (χ2v) is 2.76. The smallest absolute Gasteiger partial charge is 0.216 e. The van der Waals surface area contributed by atoms with Crippen LogP contribution in [0.2, 0.25) is 0 Å². The van der Waals surface area contributed by atoms with Gasteiger partial charge in [-0.05, 0) is 18.1 Å². The monoisotopic (exact) mass is 149 g/mol. The number of rotatable bonds is 1. The Morgan fingerprint density at radius 3 is 3.36 bits per heavy atom. The SMILES string of the molecule is CCc1cnc2c(c1)CCO2. The van der Waals surface area contributed by atoms with Crippen LogP contribution >= 0.6 is 0 Å². The van der Waals surface area contributed by atoms with Crippen molar-refractivity contribution in [3.8, 4) is 5.88 Å². The van der Waals surface area contributed by atoms with Crippen molar-refractivity contribution >= 4 is 0 Å². The van der Waals surface area contributed by atoms with Gasteiger partial charge in [0.25, 0.3) is 0 Å². The first-order valence-corrected chi connectivity index (χ1v) is 4.00. The van der Waals surface area contributed by atoms with Gasteiger partial charge in [-0.25, -0.2) is 4.98 Å². The second-order valence-electron chi connectivity index (χ2n) is 2.76. The van der Waals surface area contributed by atoms with Gasteiger partial charge in [-0.1, -0.05) is 6.92 Å². The molecule has 0 aliphatic carbocycles. The molecule has 0 bridgehead atoms. The Hall–Kier alpha value is -1.05. The fourth-order valence-electron chi connectivity index (χ4n) is 1.31. The molecule has 1 aromatic heterocycles. The zero-order valence-electron chi connectivity index (χ0n) is 6.63. The summed E-state index contributed by atoms with van der Waals surface area (Å²) in [5.74, 6) is 0.835. The number of aromatic nitrogens is 1. The number of ether oxygens (including phenoxy) is 1. The van der Waals surface area contributed by atoms with Gasteiger partial charge in [-0.3, -0.25) is 0 Å². The molecule has 0 spiro atoms. The lowest BCUT2D eigenvalue weighted by Gasteiger charge is -1.98. The van der Waals surface area contributed by atoms with Crippen molar-refractivity contribution in [2.45, 2.75) is 19.8 Å². The highest BCUT2D eigenvalue weighted by Crippen LogP contribution is 2.22. The van der Waals surface area contributed by atoms with E-state index in [1.807, 2.05) is 6.20 Å². The van der Waals surface area contributed by atoms with E-state index in [0.717, 1.165) is 25.3 Å². The molecule has 2 heterocycles. The normalized spacial score (nSPS) is 14.3. The largest absolute Gasteiger partial charge is 0.477 e. The molecule has 0 atom stereocenters. The maximum atomic E-state index is 5.29. The molecule has 2 heteroatoms. The highest BCUT2D eigenvalue weighted by atomic mass is 16.5. The third-order valence-corrected chi connectivity index (χ3v) is 2.00.